The summed E-state index contributed by atoms with van der Waals surface area (Å²) in [4.78, 5) is 17.4. The number of carbonyl (C=O) groups excluding carboxylic acids is 1. The highest BCUT2D eigenvalue weighted by atomic mass is 32.1. The van der Waals surface area contributed by atoms with E-state index in [2.05, 4.69) is 4.99 Å². The van der Waals surface area contributed by atoms with Crippen LogP contribution < -0.4 is 23.7 Å². The van der Waals surface area contributed by atoms with E-state index in [1.54, 1.807) is 52.7 Å². The van der Waals surface area contributed by atoms with Gasteiger partial charge in [-0.1, -0.05) is 0 Å². The van der Waals surface area contributed by atoms with E-state index in [4.69, 9.17) is 18.9 Å². The molecule has 1 aromatic heterocycles. The minimum atomic E-state index is -0.318. The Bertz CT molecular complexity index is 1060. The second kappa shape index (κ2) is 8.83. The third kappa shape index (κ3) is 4.12. The largest absolute Gasteiger partial charge is 0.497 e. The van der Waals surface area contributed by atoms with E-state index in [1.807, 2.05) is 29.1 Å². The van der Waals surface area contributed by atoms with Crippen molar-refractivity contribution in [3.63, 3.8) is 0 Å². The first kappa shape index (κ1) is 20.5. The summed E-state index contributed by atoms with van der Waals surface area (Å²) in [6.45, 7) is 0. The molecule has 0 N–H and O–H groups in total. The molecule has 0 spiro atoms. The number of nitrogens with zero attached hydrogens (tertiary/aromatic N) is 2. The Labute approximate surface area is 172 Å². The van der Waals surface area contributed by atoms with Gasteiger partial charge in [0.2, 0.25) is 5.75 Å². The number of benzene rings is 2. The lowest BCUT2D eigenvalue weighted by Gasteiger charge is -2.14. The maximum atomic E-state index is 12.5. The van der Waals surface area contributed by atoms with E-state index < -0.39 is 0 Å². The average Bonchev–Trinajstić information content (AvgIpc) is 3.12. The quantitative estimate of drug-likeness (QED) is 0.617. The SMILES string of the molecule is COc1ccc(C(=O)N=c2scc(-c3cc(OC)c(OC)c(OC)c3)n2C)cc1. The number of carbonyl (C=O) groups is 1. The molecule has 2 aromatic carbocycles. The number of methoxy groups -OCH3 is 4. The predicted octanol–water partition coefficient (Wildman–Crippen LogP) is 3.53. The van der Waals surface area contributed by atoms with E-state index in [0.717, 1.165) is 11.3 Å². The van der Waals surface area contributed by atoms with Gasteiger partial charge in [0.1, 0.15) is 5.75 Å². The highest BCUT2D eigenvalue weighted by molar-refractivity contribution is 7.07. The minimum absolute atomic E-state index is 0.318. The Morgan fingerprint density at radius 3 is 2.07 bits per heavy atom. The molecule has 3 aromatic rings. The van der Waals surface area contributed by atoms with Crippen LogP contribution in [0.4, 0.5) is 0 Å². The third-order valence-corrected chi connectivity index (χ3v) is 5.34. The zero-order valence-corrected chi connectivity index (χ0v) is 17.7. The van der Waals surface area contributed by atoms with Crippen molar-refractivity contribution in [2.24, 2.45) is 12.0 Å². The standard InChI is InChI=1S/C21H22N2O5S/c1-23-16(14-10-17(26-3)19(28-5)18(11-14)27-4)12-29-21(23)22-20(24)13-6-8-15(25-2)9-7-13/h6-12H,1-5H3. The molecule has 3 rings (SSSR count). The molecule has 0 radical (unpaired) electrons. The molecule has 0 aliphatic heterocycles. The molecular weight excluding hydrogens is 392 g/mol. The lowest BCUT2D eigenvalue weighted by molar-refractivity contribution is 0.0998. The number of ether oxygens (including phenoxy) is 4. The lowest BCUT2D eigenvalue weighted by atomic mass is 10.1. The molecule has 1 heterocycles. The molecule has 0 atom stereocenters. The lowest BCUT2D eigenvalue weighted by Crippen LogP contribution is -2.14. The highest BCUT2D eigenvalue weighted by Gasteiger charge is 2.16. The summed E-state index contributed by atoms with van der Waals surface area (Å²) in [5, 5.41) is 1.93. The Balaban J connectivity index is 2.00. The van der Waals surface area contributed by atoms with Gasteiger partial charge in [-0.05, 0) is 36.4 Å². The van der Waals surface area contributed by atoms with Crippen LogP contribution in [0.15, 0.2) is 46.8 Å². The van der Waals surface area contributed by atoms with Gasteiger partial charge in [0.05, 0.1) is 34.1 Å². The van der Waals surface area contributed by atoms with Crippen molar-refractivity contribution in [3.8, 4) is 34.3 Å². The molecule has 0 unspecified atom stereocenters. The van der Waals surface area contributed by atoms with Crippen LogP contribution in [0.3, 0.4) is 0 Å². The van der Waals surface area contributed by atoms with Gasteiger partial charge in [0, 0.05) is 23.6 Å². The molecule has 29 heavy (non-hydrogen) atoms. The second-order valence-corrected chi connectivity index (χ2v) is 6.86. The van der Waals surface area contributed by atoms with Gasteiger partial charge in [0.25, 0.3) is 5.91 Å². The van der Waals surface area contributed by atoms with E-state index in [1.165, 1.54) is 11.3 Å². The summed E-state index contributed by atoms with van der Waals surface area (Å²) < 4.78 is 23.2. The first-order chi connectivity index (χ1) is 14.0. The van der Waals surface area contributed by atoms with Gasteiger partial charge >= 0.3 is 0 Å². The van der Waals surface area contributed by atoms with Crippen molar-refractivity contribution in [2.45, 2.75) is 0 Å². The van der Waals surface area contributed by atoms with Crippen LogP contribution >= 0.6 is 11.3 Å². The van der Waals surface area contributed by atoms with Crippen LogP contribution in [0.1, 0.15) is 10.4 Å². The van der Waals surface area contributed by atoms with Gasteiger partial charge < -0.3 is 23.5 Å². The van der Waals surface area contributed by atoms with Crippen LogP contribution in [0.25, 0.3) is 11.3 Å². The maximum Gasteiger partial charge on any atom is 0.279 e. The summed E-state index contributed by atoms with van der Waals surface area (Å²) in [6.07, 6.45) is 0. The van der Waals surface area contributed by atoms with E-state index >= 15 is 0 Å². The number of rotatable bonds is 6. The van der Waals surface area contributed by atoms with Crippen LogP contribution in [0.5, 0.6) is 23.0 Å². The first-order valence-electron chi connectivity index (χ1n) is 8.70. The molecule has 0 aliphatic rings. The zero-order chi connectivity index (χ0) is 21.0. The van der Waals surface area contributed by atoms with Crippen LogP contribution in [-0.2, 0) is 7.05 Å². The van der Waals surface area contributed by atoms with Crippen molar-refractivity contribution >= 4 is 17.2 Å². The molecule has 7 nitrogen and oxygen atoms in total. The normalized spacial score (nSPS) is 11.3. The molecule has 152 valence electrons. The highest BCUT2D eigenvalue weighted by Crippen LogP contribution is 2.41. The summed E-state index contributed by atoms with van der Waals surface area (Å²) in [7, 11) is 8.14. The van der Waals surface area contributed by atoms with Crippen molar-refractivity contribution in [3.05, 3.63) is 52.1 Å². The van der Waals surface area contributed by atoms with Gasteiger partial charge in [-0.3, -0.25) is 4.79 Å². The van der Waals surface area contributed by atoms with Crippen molar-refractivity contribution in [2.75, 3.05) is 28.4 Å². The number of aromatic nitrogens is 1. The average molecular weight is 414 g/mol. The summed E-state index contributed by atoms with van der Waals surface area (Å²) in [6, 6.07) is 10.6. The molecule has 8 heteroatoms. The van der Waals surface area contributed by atoms with Crippen LogP contribution in [0, 0.1) is 0 Å². The number of hydrogen-bond donors (Lipinski definition) is 0. The second-order valence-electron chi connectivity index (χ2n) is 6.02. The number of hydrogen-bond acceptors (Lipinski definition) is 6. The fourth-order valence-electron chi connectivity index (χ4n) is 2.85. The predicted molar refractivity (Wildman–Crippen MR) is 111 cm³/mol. The summed E-state index contributed by atoms with van der Waals surface area (Å²) in [5.41, 5.74) is 2.22. The molecular formula is C21H22N2O5S. The Morgan fingerprint density at radius 2 is 1.55 bits per heavy atom. The molecule has 0 bridgehead atoms. The maximum absolute atomic E-state index is 12.5. The van der Waals surface area contributed by atoms with Gasteiger partial charge in [-0.25, -0.2) is 0 Å². The summed E-state index contributed by atoms with van der Waals surface area (Å²) in [5.74, 6) is 2.01. The molecule has 1 amide bonds. The zero-order valence-electron chi connectivity index (χ0n) is 16.9. The fraction of sp³-hybridized carbons (Fsp3) is 0.238. The topological polar surface area (TPSA) is 71.3 Å². The smallest absolute Gasteiger partial charge is 0.279 e. The van der Waals surface area contributed by atoms with Crippen molar-refractivity contribution in [1.29, 1.82) is 0 Å². The Morgan fingerprint density at radius 1 is 0.931 bits per heavy atom. The molecule has 0 saturated heterocycles. The van der Waals surface area contributed by atoms with Gasteiger partial charge in [0.15, 0.2) is 16.3 Å². The van der Waals surface area contributed by atoms with E-state index in [0.29, 0.717) is 33.4 Å². The third-order valence-electron chi connectivity index (χ3n) is 4.42. The molecule has 0 fully saturated rings. The van der Waals surface area contributed by atoms with Gasteiger partial charge in [-0.2, -0.15) is 4.99 Å². The van der Waals surface area contributed by atoms with Crippen molar-refractivity contribution in [1.82, 2.24) is 4.57 Å². The van der Waals surface area contributed by atoms with E-state index in [-0.39, 0.29) is 5.91 Å². The monoisotopic (exact) mass is 414 g/mol. The minimum Gasteiger partial charge on any atom is -0.497 e. The number of amides is 1. The Kier molecular flexibility index (Phi) is 6.23. The molecule has 0 aliphatic carbocycles. The molecule has 0 saturated carbocycles. The van der Waals surface area contributed by atoms with Gasteiger partial charge in [-0.15, -0.1) is 11.3 Å². The van der Waals surface area contributed by atoms with Crippen LogP contribution in [0.2, 0.25) is 0 Å². The van der Waals surface area contributed by atoms with Crippen molar-refractivity contribution < 1.29 is 23.7 Å². The number of thiazole rings is 1. The van der Waals surface area contributed by atoms with Crippen LogP contribution in [-0.4, -0.2) is 38.9 Å². The van der Waals surface area contributed by atoms with E-state index in [9.17, 15) is 4.79 Å². The Hall–Kier alpha value is -3.26. The summed E-state index contributed by atoms with van der Waals surface area (Å²) >= 11 is 1.38. The first-order valence-corrected chi connectivity index (χ1v) is 9.58. The fourth-order valence-corrected chi connectivity index (χ4v) is 3.75.